The number of benzene rings is 2. The third-order valence-corrected chi connectivity index (χ3v) is 4.49. The molecule has 0 aromatic heterocycles. The minimum atomic E-state index is 0.590. The Kier molecular flexibility index (Phi) is 3.88. The Balaban J connectivity index is 1.90. The Bertz CT molecular complexity index is 500. The molecule has 1 fully saturated rings. The average Bonchev–Trinajstić information content (AvgIpc) is 2.49. The zero-order chi connectivity index (χ0) is 13.9. The minimum Gasteiger partial charge on any atom is -0.316 e. The Morgan fingerprint density at radius 2 is 1.25 bits per heavy atom. The van der Waals surface area contributed by atoms with Crippen LogP contribution in [0.25, 0.3) is 0 Å². The van der Waals surface area contributed by atoms with Gasteiger partial charge in [0.25, 0.3) is 0 Å². The normalized spacial score (nSPS) is 22.7. The van der Waals surface area contributed by atoms with Crippen LogP contribution in [-0.4, -0.2) is 13.1 Å². The average molecular weight is 265 g/mol. The third-order valence-electron chi connectivity index (χ3n) is 4.49. The smallest absolute Gasteiger partial charge is 0.00326 e. The van der Waals surface area contributed by atoms with Gasteiger partial charge in [0.1, 0.15) is 0 Å². The molecule has 1 aliphatic rings. The summed E-state index contributed by atoms with van der Waals surface area (Å²) >= 11 is 0. The van der Waals surface area contributed by atoms with Gasteiger partial charge in [-0.15, -0.1) is 0 Å². The summed E-state index contributed by atoms with van der Waals surface area (Å²) in [5, 5.41) is 3.56. The zero-order valence-corrected chi connectivity index (χ0v) is 12.4. The first-order chi connectivity index (χ1) is 9.74. The maximum absolute atomic E-state index is 3.56. The number of rotatable bonds is 2. The van der Waals surface area contributed by atoms with Crippen molar-refractivity contribution in [1.29, 1.82) is 0 Å². The van der Waals surface area contributed by atoms with Crippen LogP contribution in [-0.2, 0) is 0 Å². The molecule has 3 rings (SSSR count). The summed E-state index contributed by atoms with van der Waals surface area (Å²) in [6, 6.07) is 18.2. The van der Waals surface area contributed by atoms with Gasteiger partial charge in [0.2, 0.25) is 0 Å². The second-order valence-electron chi connectivity index (χ2n) is 6.03. The molecule has 0 spiro atoms. The summed E-state index contributed by atoms with van der Waals surface area (Å²) in [4.78, 5) is 0. The van der Waals surface area contributed by atoms with Crippen LogP contribution in [0.1, 0.15) is 40.5 Å². The van der Waals surface area contributed by atoms with Crippen molar-refractivity contribution in [3.05, 3.63) is 70.8 Å². The van der Waals surface area contributed by atoms with Gasteiger partial charge in [0.15, 0.2) is 0 Å². The van der Waals surface area contributed by atoms with E-state index in [0.29, 0.717) is 11.8 Å². The van der Waals surface area contributed by atoms with Crippen molar-refractivity contribution in [2.75, 3.05) is 13.1 Å². The van der Waals surface area contributed by atoms with E-state index in [-0.39, 0.29) is 0 Å². The highest BCUT2D eigenvalue weighted by Crippen LogP contribution is 2.37. The molecule has 0 saturated carbocycles. The van der Waals surface area contributed by atoms with Gasteiger partial charge in [0.05, 0.1) is 0 Å². The number of piperidine rings is 1. The Morgan fingerprint density at radius 1 is 0.750 bits per heavy atom. The molecule has 1 saturated heterocycles. The highest BCUT2D eigenvalue weighted by Gasteiger charge is 2.27. The van der Waals surface area contributed by atoms with E-state index in [0.717, 1.165) is 13.1 Å². The highest BCUT2D eigenvalue weighted by atomic mass is 14.9. The monoisotopic (exact) mass is 265 g/mol. The van der Waals surface area contributed by atoms with Gasteiger partial charge < -0.3 is 5.32 Å². The molecule has 2 aromatic carbocycles. The predicted octanol–water partition coefficient (Wildman–Crippen LogP) is 4.16. The molecule has 1 aliphatic heterocycles. The standard InChI is InChI=1S/C19H23N/c1-14-3-7-16(8-4-14)18-11-12-20-13-19(18)17-9-5-15(2)6-10-17/h3-10,18-20H,11-13H2,1-2H3. The molecule has 1 heteroatoms. The molecule has 104 valence electrons. The molecule has 0 radical (unpaired) electrons. The van der Waals surface area contributed by atoms with Crippen molar-refractivity contribution < 1.29 is 0 Å². The lowest BCUT2D eigenvalue weighted by Gasteiger charge is -2.33. The third kappa shape index (κ3) is 2.78. The highest BCUT2D eigenvalue weighted by molar-refractivity contribution is 5.32. The van der Waals surface area contributed by atoms with Gasteiger partial charge in [-0.2, -0.15) is 0 Å². The van der Waals surface area contributed by atoms with Gasteiger partial charge in [-0.3, -0.25) is 0 Å². The molecule has 0 amide bonds. The molecule has 0 bridgehead atoms. The maximum Gasteiger partial charge on any atom is 0.00326 e. The first kappa shape index (κ1) is 13.4. The largest absolute Gasteiger partial charge is 0.316 e. The fraction of sp³-hybridized carbons (Fsp3) is 0.368. The van der Waals surface area contributed by atoms with Crippen LogP contribution in [0, 0.1) is 13.8 Å². The van der Waals surface area contributed by atoms with Crippen molar-refractivity contribution in [3.8, 4) is 0 Å². The lowest BCUT2D eigenvalue weighted by molar-refractivity contribution is 0.404. The van der Waals surface area contributed by atoms with Crippen molar-refractivity contribution in [1.82, 2.24) is 5.32 Å². The molecule has 1 heterocycles. The van der Waals surface area contributed by atoms with Crippen LogP contribution in [0.2, 0.25) is 0 Å². The fourth-order valence-corrected chi connectivity index (χ4v) is 3.23. The van der Waals surface area contributed by atoms with Crippen molar-refractivity contribution in [3.63, 3.8) is 0 Å². The lowest BCUT2D eigenvalue weighted by atomic mass is 9.77. The second kappa shape index (κ2) is 5.80. The summed E-state index contributed by atoms with van der Waals surface area (Å²) in [5.41, 5.74) is 5.63. The summed E-state index contributed by atoms with van der Waals surface area (Å²) < 4.78 is 0. The van der Waals surface area contributed by atoms with Gasteiger partial charge in [-0.1, -0.05) is 59.7 Å². The molecular formula is C19H23N. The summed E-state index contributed by atoms with van der Waals surface area (Å²) in [6.45, 7) is 6.52. The maximum atomic E-state index is 3.56. The van der Waals surface area contributed by atoms with E-state index < -0.39 is 0 Å². The van der Waals surface area contributed by atoms with Gasteiger partial charge in [0, 0.05) is 12.5 Å². The molecule has 2 atom stereocenters. The van der Waals surface area contributed by atoms with Crippen LogP contribution in [0.5, 0.6) is 0 Å². The van der Waals surface area contributed by atoms with E-state index in [9.17, 15) is 0 Å². The predicted molar refractivity (Wildman–Crippen MR) is 85.3 cm³/mol. The number of nitrogens with one attached hydrogen (secondary N) is 1. The molecule has 0 aliphatic carbocycles. The van der Waals surface area contributed by atoms with Crippen molar-refractivity contribution in [2.45, 2.75) is 32.1 Å². The summed E-state index contributed by atoms with van der Waals surface area (Å²) in [5.74, 6) is 1.23. The summed E-state index contributed by atoms with van der Waals surface area (Å²) in [6.07, 6.45) is 1.22. The first-order valence-electron chi connectivity index (χ1n) is 7.58. The molecular weight excluding hydrogens is 242 g/mol. The Labute approximate surface area is 122 Å². The van der Waals surface area contributed by atoms with Crippen LogP contribution < -0.4 is 5.32 Å². The Hall–Kier alpha value is -1.60. The van der Waals surface area contributed by atoms with Gasteiger partial charge in [-0.25, -0.2) is 0 Å². The van der Waals surface area contributed by atoms with E-state index >= 15 is 0 Å². The number of hydrogen-bond acceptors (Lipinski definition) is 1. The van der Waals surface area contributed by atoms with Crippen LogP contribution >= 0.6 is 0 Å². The van der Waals surface area contributed by atoms with E-state index in [4.69, 9.17) is 0 Å². The fourth-order valence-electron chi connectivity index (χ4n) is 3.23. The van der Waals surface area contributed by atoms with Crippen LogP contribution in [0.3, 0.4) is 0 Å². The minimum absolute atomic E-state index is 0.590. The van der Waals surface area contributed by atoms with E-state index in [2.05, 4.69) is 67.7 Å². The number of aryl methyl sites for hydroxylation is 2. The topological polar surface area (TPSA) is 12.0 Å². The molecule has 1 nitrogen and oxygen atoms in total. The van der Waals surface area contributed by atoms with Crippen LogP contribution in [0.15, 0.2) is 48.5 Å². The van der Waals surface area contributed by atoms with Gasteiger partial charge in [-0.05, 0) is 43.9 Å². The van der Waals surface area contributed by atoms with Crippen molar-refractivity contribution >= 4 is 0 Å². The second-order valence-corrected chi connectivity index (χ2v) is 6.03. The van der Waals surface area contributed by atoms with Crippen LogP contribution in [0.4, 0.5) is 0 Å². The van der Waals surface area contributed by atoms with Crippen molar-refractivity contribution in [2.24, 2.45) is 0 Å². The van der Waals surface area contributed by atoms with Gasteiger partial charge >= 0.3 is 0 Å². The van der Waals surface area contributed by atoms with E-state index in [1.807, 2.05) is 0 Å². The quantitative estimate of drug-likeness (QED) is 0.859. The SMILES string of the molecule is Cc1ccc(C2CCNCC2c2ccc(C)cc2)cc1. The lowest BCUT2D eigenvalue weighted by Crippen LogP contribution is -2.34. The number of hydrogen-bond donors (Lipinski definition) is 1. The Morgan fingerprint density at radius 3 is 1.80 bits per heavy atom. The van der Waals surface area contributed by atoms with E-state index in [1.54, 1.807) is 0 Å². The molecule has 2 aromatic rings. The molecule has 20 heavy (non-hydrogen) atoms. The van der Waals surface area contributed by atoms with E-state index in [1.165, 1.54) is 28.7 Å². The molecule has 2 unspecified atom stereocenters. The first-order valence-corrected chi connectivity index (χ1v) is 7.58. The zero-order valence-electron chi connectivity index (χ0n) is 12.4. The molecule has 1 N–H and O–H groups in total. The summed E-state index contributed by atoms with van der Waals surface area (Å²) in [7, 11) is 0.